The molecule has 4 nitrogen and oxygen atoms in total. The second-order valence-corrected chi connectivity index (χ2v) is 12.1. The van der Waals surface area contributed by atoms with Gasteiger partial charge in [0.25, 0.3) is 0 Å². The van der Waals surface area contributed by atoms with E-state index in [-0.39, 0.29) is 0 Å². The van der Waals surface area contributed by atoms with E-state index in [0.29, 0.717) is 0 Å². The molecule has 0 saturated heterocycles. The Kier molecular flexibility index (Phi) is 4.55. The molecule has 4 heteroatoms. The second-order valence-electron chi connectivity index (χ2n) is 12.1. The minimum absolute atomic E-state index is 0.843. The molecule has 4 heterocycles. The summed E-state index contributed by atoms with van der Waals surface area (Å²) in [7, 11) is 0. The third kappa shape index (κ3) is 3.07. The topological polar surface area (TPSA) is 36.1 Å². The lowest BCUT2D eigenvalue weighted by molar-refractivity contribution is 0.662. The monoisotopic (exact) mass is 588 g/mol. The van der Waals surface area contributed by atoms with Crippen LogP contribution in [0.1, 0.15) is 0 Å². The van der Waals surface area contributed by atoms with E-state index in [4.69, 9.17) is 8.83 Å². The van der Waals surface area contributed by atoms with Crippen molar-refractivity contribution in [2.24, 2.45) is 0 Å². The van der Waals surface area contributed by atoms with Crippen LogP contribution in [0, 0.1) is 0 Å². The maximum absolute atomic E-state index is 6.91. The van der Waals surface area contributed by atoms with Crippen molar-refractivity contribution in [3.63, 3.8) is 0 Å². The fourth-order valence-electron chi connectivity index (χ4n) is 7.74. The Morgan fingerprint density at radius 3 is 1.37 bits per heavy atom. The zero-order valence-electron chi connectivity index (χ0n) is 24.6. The van der Waals surface area contributed by atoms with Crippen molar-refractivity contribution in [1.29, 1.82) is 0 Å². The van der Waals surface area contributed by atoms with Crippen molar-refractivity contribution in [2.75, 3.05) is 0 Å². The highest BCUT2D eigenvalue weighted by atomic mass is 16.3. The largest absolute Gasteiger partial charge is 0.456 e. The number of furan rings is 2. The molecular weight excluding hydrogens is 564 g/mol. The highest BCUT2D eigenvalue weighted by molar-refractivity contribution is 6.18. The second kappa shape index (κ2) is 8.68. The number of hydrogen-bond acceptors (Lipinski definition) is 2. The standard InChI is InChI=1S/C42H24N2O2/c1-6-16-34-26(11-1)27-12-2-7-17-35(27)43(34)25-21-33-32-24-40-31(30-15-5-10-20-39(30)45-40)23-41(32)46-42(33)38(22-25)44-36-18-8-3-13-28(36)29-14-4-9-19-37(29)44/h1-24H. The summed E-state index contributed by atoms with van der Waals surface area (Å²) in [5.41, 5.74) is 10.1. The number of benzene rings is 7. The summed E-state index contributed by atoms with van der Waals surface area (Å²) in [4.78, 5) is 0. The van der Waals surface area contributed by atoms with Crippen molar-refractivity contribution < 1.29 is 8.83 Å². The first kappa shape index (κ1) is 24.1. The van der Waals surface area contributed by atoms with Gasteiger partial charge in [-0.3, -0.25) is 0 Å². The Morgan fingerprint density at radius 1 is 0.326 bits per heavy atom. The summed E-state index contributed by atoms with van der Waals surface area (Å²) in [6, 6.07) is 51.7. The van der Waals surface area contributed by atoms with Gasteiger partial charge in [0.05, 0.1) is 27.8 Å². The van der Waals surface area contributed by atoms with Crippen LogP contribution in [-0.2, 0) is 0 Å². The smallest absolute Gasteiger partial charge is 0.159 e. The summed E-state index contributed by atoms with van der Waals surface area (Å²) in [6.07, 6.45) is 0. The quantitative estimate of drug-likeness (QED) is 0.201. The van der Waals surface area contributed by atoms with Crippen LogP contribution in [0.25, 0.3) is 98.9 Å². The average Bonchev–Trinajstić information content (AvgIpc) is 3.84. The molecule has 0 atom stereocenters. The predicted octanol–water partition coefficient (Wildman–Crippen LogP) is 11.7. The Labute approximate surface area is 261 Å². The van der Waals surface area contributed by atoms with Gasteiger partial charge in [-0.15, -0.1) is 0 Å². The van der Waals surface area contributed by atoms with Crippen LogP contribution in [0.5, 0.6) is 0 Å². The van der Waals surface area contributed by atoms with Crippen LogP contribution in [0.3, 0.4) is 0 Å². The lowest BCUT2D eigenvalue weighted by atomic mass is 10.1. The van der Waals surface area contributed by atoms with Crippen molar-refractivity contribution in [2.45, 2.75) is 0 Å². The molecule has 0 aliphatic carbocycles. The Balaban J connectivity index is 1.34. The van der Waals surface area contributed by atoms with Gasteiger partial charge in [0.15, 0.2) is 5.58 Å². The number of hydrogen-bond donors (Lipinski definition) is 0. The lowest BCUT2D eigenvalue weighted by Crippen LogP contribution is -1.99. The molecule has 0 amide bonds. The van der Waals surface area contributed by atoms with Crippen LogP contribution < -0.4 is 0 Å². The number of fused-ring (bicyclic) bond motifs is 12. The maximum atomic E-state index is 6.91. The van der Waals surface area contributed by atoms with E-state index >= 15 is 0 Å². The Bertz CT molecular complexity index is 2930. The van der Waals surface area contributed by atoms with E-state index in [0.717, 1.165) is 66.3 Å². The molecule has 0 radical (unpaired) electrons. The number of aromatic nitrogens is 2. The van der Waals surface area contributed by atoms with E-state index < -0.39 is 0 Å². The van der Waals surface area contributed by atoms with Crippen LogP contribution in [-0.4, -0.2) is 9.13 Å². The van der Waals surface area contributed by atoms with Gasteiger partial charge in [-0.1, -0.05) is 91.0 Å². The fourth-order valence-corrected chi connectivity index (χ4v) is 7.74. The number of para-hydroxylation sites is 5. The molecule has 11 rings (SSSR count). The van der Waals surface area contributed by atoms with Gasteiger partial charge < -0.3 is 18.0 Å². The van der Waals surface area contributed by atoms with E-state index in [9.17, 15) is 0 Å². The first-order chi connectivity index (χ1) is 22.8. The molecule has 4 aromatic heterocycles. The van der Waals surface area contributed by atoms with E-state index in [2.05, 4.69) is 143 Å². The predicted molar refractivity (Wildman–Crippen MR) is 190 cm³/mol. The van der Waals surface area contributed by atoms with Crippen molar-refractivity contribution >= 4 is 87.5 Å². The normalized spacial score (nSPS) is 12.3. The van der Waals surface area contributed by atoms with Crippen molar-refractivity contribution in [3.8, 4) is 11.4 Å². The molecule has 0 fully saturated rings. The minimum atomic E-state index is 0.843. The number of nitrogens with zero attached hydrogens (tertiary/aromatic N) is 2. The van der Waals surface area contributed by atoms with Crippen LogP contribution in [0.15, 0.2) is 154 Å². The summed E-state index contributed by atoms with van der Waals surface area (Å²) < 4.78 is 18.0. The third-order valence-corrected chi connectivity index (χ3v) is 9.69. The SMILES string of the molecule is c1ccc2c(c1)oc1cc3c(cc12)oc1c(-n2c4ccccc4c4ccccc42)cc(-n2c4ccccc4c4ccccc42)cc13. The highest BCUT2D eigenvalue weighted by Gasteiger charge is 2.22. The first-order valence-electron chi connectivity index (χ1n) is 15.6. The molecule has 0 unspecified atom stereocenters. The summed E-state index contributed by atoms with van der Waals surface area (Å²) in [5, 5.41) is 9.13. The molecular formula is C42H24N2O2. The first-order valence-corrected chi connectivity index (χ1v) is 15.6. The van der Waals surface area contributed by atoms with Crippen LogP contribution in [0.2, 0.25) is 0 Å². The van der Waals surface area contributed by atoms with Gasteiger partial charge in [0, 0.05) is 48.8 Å². The maximum Gasteiger partial charge on any atom is 0.159 e. The minimum Gasteiger partial charge on any atom is -0.456 e. The molecule has 0 N–H and O–H groups in total. The zero-order valence-corrected chi connectivity index (χ0v) is 24.6. The van der Waals surface area contributed by atoms with Gasteiger partial charge in [-0.2, -0.15) is 0 Å². The van der Waals surface area contributed by atoms with E-state index in [1.165, 1.54) is 32.6 Å². The Morgan fingerprint density at radius 2 is 0.783 bits per heavy atom. The van der Waals surface area contributed by atoms with Gasteiger partial charge in [0.1, 0.15) is 16.7 Å². The molecule has 46 heavy (non-hydrogen) atoms. The molecule has 7 aromatic carbocycles. The molecule has 214 valence electrons. The van der Waals surface area contributed by atoms with Crippen LogP contribution in [0.4, 0.5) is 0 Å². The summed E-state index contributed by atoms with van der Waals surface area (Å²) in [6.45, 7) is 0. The van der Waals surface area contributed by atoms with Gasteiger partial charge in [0.2, 0.25) is 0 Å². The van der Waals surface area contributed by atoms with Crippen molar-refractivity contribution in [1.82, 2.24) is 9.13 Å². The Hall–Kier alpha value is -6.26. The fraction of sp³-hybridized carbons (Fsp3) is 0. The third-order valence-electron chi connectivity index (χ3n) is 9.69. The highest BCUT2D eigenvalue weighted by Crippen LogP contribution is 2.43. The molecule has 11 aromatic rings. The molecule has 0 spiro atoms. The van der Waals surface area contributed by atoms with Crippen LogP contribution >= 0.6 is 0 Å². The molecule has 0 bridgehead atoms. The summed E-state index contributed by atoms with van der Waals surface area (Å²) >= 11 is 0. The van der Waals surface area contributed by atoms with E-state index in [1.54, 1.807) is 0 Å². The van der Waals surface area contributed by atoms with Crippen molar-refractivity contribution in [3.05, 3.63) is 146 Å². The summed E-state index contributed by atoms with van der Waals surface area (Å²) in [5.74, 6) is 0. The lowest BCUT2D eigenvalue weighted by Gasteiger charge is -2.14. The molecule has 0 aliphatic heterocycles. The molecule has 0 aliphatic rings. The number of rotatable bonds is 2. The van der Waals surface area contributed by atoms with Gasteiger partial charge in [-0.05, 0) is 54.6 Å². The molecule has 0 saturated carbocycles. The van der Waals surface area contributed by atoms with Gasteiger partial charge in [-0.25, -0.2) is 0 Å². The average molecular weight is 589 g/mol. The zero-order chi connectivity index (χ0) is 29.9. The van der Waals surface area contributed by atoms with Gasteiger partial charge >= 0.3 is 0 Å². The van der Waals surface area contributed by atoms with E-state index in [1.807, 2.05) is 12.1 Å².